The van der Waals surface area contributed by atoms with E-state index in [4.69, 9.17) is 0 Å². The number of halogens is 2. The van der Waals surface area contributed by atoms with Gasteiger partial charge < -0.3 is 10.2 Å². The Morgan fingerprint density at radius 3 is 2.57 bits per heavy atom. The average Bonchev–Trinajstić information content (AvgIpc) is 2.49. The quantitative estimate of drug-likeness (QED) is 0.839. The van der Waals surface area contributed by atoms with E-state index in [1.807, 2.05) is 4.90 Å². The van der Waals surface area contributed by atoms with E-state index in [-0.39, 0.29) is 5.91 Å². The van der Waals surface area contributed by atoms with Gasteiger partial charge in [-0.25, -0.2) is 0 Å². The first-order valence-electron chi connectivity index (χ1n) is 7.17. The highest BCUT2D eigenvalue weighted by molar-refractivity contribution is 7.99. The third-order valence-corrected chi connectivity index (χ3v) is 4.30. The van der Waals surface area contributed by atoms with E-state index in [0.29, 0.717) is 22.3 Å². The van der Waals surface area contributed by atoms with Crippen molar-refractivity contribution in [1.82, 2.24) is 4.90 Å². The molecule has 0 spiro atoms. The van der Waals surface area contributed by atoms with Gasteiger partial charge in [-0.1, -0.05) is 23.9 Å². The van der Waals surface area contributed by atoms with E-state index in [1.165, 1.54) is 6.42 Å². The molecule has 1 aliphatic rings. The van der Waals surface area contributed by atoms with Gasteiger partial charge in [-0.15, -0.1) is 0 Å². The first-order valence-corrected chi connectivity index (χ1v) is 8.05. The van der Waals surface area contributed by atoms with Crippen LogP contribution in [0.5, 0.6) is 0 Å². The fraction of sp³-hybridized carbons (Fsp3) is 0.533. The molecule has 116 valence electrons. The summed E-state index contributed by atoms with van der Waals surface area (Å²) >= 11 is 0.494. The van der Waals surface area contributed by atoms with Crippen molar-refractivity contribution in [3.63, 3.8) is 0 Å². The minimum absolute atomic E-state index is 0.0338. The number of alkyl halides is 2. The number of likely N-dealkylation sites (tertiary alicyclic amines) is 1. The van der Waals surface area contributed by atoms with Gasteiger partial charge in [-0.05, 0) is 38.3 Å². The maximum atomic E-state index is 12.5. The lowest BCUT2D eigenvalue weighted by atomic mass is 10.1. The SMILES string of the molecule is CC(Nc1ccccc1SC(F)F)C(=O)N1CCCCC1. The van der Waals surface area contributed by atoms with E-state index < -0.39 is 11.8 Å². The number of anilines is 1. The van der Waals surface area contributed by atoms with Gasteiger partial charge in [0.05, 0.1) is 0 Å². The number of carbonyl (C=O) groups is 1. The largest absolute Gasteiger partial charge is 0.373 e. The molecule has 3 nitrogen and oxygen atoms in total. The third kappa shape index (κ3) is 4.59. The zero-order chi connectivity index (χ0) is 15.2. The van der Waals surface area contributed by atoms with Crippen LogP contribution in [-0.4, -0.2) is 35.7 Å². The Bertz CT molecular complexity index is 478. The van der Waals surface area contributed by atoms with E-state index in [1.54, 1.807) is 31.2 Å². The van der Waals surface area contributed by atoms with Crippen molar-refractivity contribution in [2.75, 3.05) is 18.4 Å². The van der Waals surface area contributed by atoms with Crippen LogP contribution in [0.3, 0.4) is 0 Å². The maximum Gasteiger partial charge on any atom is 0.288 e. The lowest BCUT2D eigenvalue weighted by Gasteiger charge is -2.30. The van der Waals surface area contributed by atoms with Gasteiger partial charge in [0.25, 0.3) is 5.76 Å². The van der Waals surface area contributed by atoms with Crippen molar-refractivity contribution in [2.24, 2.45) is 0 Å². The van der Waals surface area contributed by atoms with Crippen LogP contribution in [0.1, 0.15) is 26.2 Å². The van der Waals surface area contributed by atoms with Crippen LogP contribution in [0.15, 0.2) is 29.2 Å². The lowest BCUT2D eigenvalue weighted by Crippen LogP contribution is -2.43. The second-order valence-corrected chi connectivity index (χ2v) is 6.16. The van der Waals surface area contributed by atoms with Gasteiger partial charge in [0.1, 0.15) is 6.04 Å². The number of amides is 1. The lowest BCUT2D eigenvalue weighted by molar-refractivity contribution is -0.132. The molecule has 6 heteroatoms. The first-order chi connectivity index (χ1) is 10.1. The molecule has 0 bridgehead atoms. The molecule has 1 atom stereocenters. The number of hydrogen-bond donors (Lipinski definition) is 1. The second-order valence-electron chi connectivity index (χ2n) is 5.13. The second kappa shape index (κ2) is 7.64. The van der Waals surface area contributed by atoms with E-state index in [9.17, 15) is 13.6 Å². The Hall–Kier alpha value is -1.30. The van der Waals surface area contributed by atoms with Gasteiger partial charge in [0.2, 0.25) is 5.91 Å². The van der Waals surface area contributed by atoms with E-state index in [0.717, 1.165) is 25.9 Å². The van der Waals surface area contributed by atoms with Crippen LogP contribution in [-0.2, 0) is 4.79 Å². The van der Waals surface area contributed by atoms with Crippen molar-refractivity contribution < 1.29 is 13.6 Å². The van der Waals surface area contributed by atoms with E-state index in [2.05, 4.69) is 5.32 Å². The number of nitrogens with one attached hydrogen (secondary N) is 1. The minimum atomic E-state index is -2.47. The Morgan fingerprint density at radius 1 is 1.24 bits per heavy atom. The summed E-state index contributed by atoms with van der Waals surface area (Å²) < 4.78 is 25.1. The number of carbonyl (C=O) groups excluding carboxylic acids is 1. The number of rotatable bonds is 5. The molecular formula is C15H20F2N2OS. The van der Waals surface area contributed by atoms with Crippen molar-refractivity contribution in [1.29, 1.82) is 0 Å². The van der Waals surface area contributed by atoms with Crippen LogP contribution in [0, 0.1) is 0 Å². The summed E-state index contributed by atoms with van der Waals surface area (Å²) in [5.74, 6) is -2.44. The molecule has 1 heterocycles. The van der Waals surface area contributed by atoms with Crippen molar-refractivity contribution in [2.45, 2.75) is 42.9 Å². The minimum Gasteiger partial charge on any atom is -0.373 e. The molecule has 1 saturated heterocycles. The molecule has 2 rings (SSSR count). The average molecular weight is 314 g/mol. The van der Waals surface area contributed by atoms with Gasteiger partial charge in [0, 0.05) is 23.7 Å². The molecule has 1 aromatic carbocycles. The van der Waals surface area contributed by atoms with E-state index >= 15 is 0 Å². The highest BCUT2D eigenvalue weighted by atomic mass is 32.2. The molecule has 1 amide bonds. The predicted molar refractivity (Wildman–Crippen MR) is 81.8 cm³/mol. The summed E-state index contributed by atoms with van der Waals surface area (Å²) in [5.41, 5.74) is 0.584. The molecule has 1 aliphatic heterocycles. The molecule has 0 radical (unpaired) electrons. The molecular weight excluding hydrogens is 294 g/mol. The topological polar surface area (TPSA) is 32.3 Å². The number of benzene rings is 1. The van der Waals surface area contributed by atoms with Crippen molar-refractivity contribution in [3.05, 3.63) is 24.3 Å². The zero-order valence-electron chi connectivity index (χ0n) is 12.0. The van der Waals surface area contributed by atoms with Gasteiger partial charge in [-0.3, -0.25) is 4.79 Å². The summed E-state index contributed by atoms with van der Waals surface area (Å²) in [6, 6.07) is 6.44. The van der Waals surface area contributed by atoms with Crippen LogP contribution in [0.25, 0.3) is 0 Å². The molecule has 1 unspecified atom stereocenters. The highest BCUT2D eigenvalue weighted by Gasteiger charge is 2.22. The number of thioether (sulfide) groups is 1. The van der Waals surface area contributed by atoms with Gasteiger partial charge in [0.15, 0.2) is 0 Å². The molecule has 0 aromatic heterocycles. The van der Waals surface area contributed by atoms with Crippen LogP contribution in [0.4, 0.5) is 14.5 Å². The highest BCUT2D eigenvalue weighted by Crippen LogP contribution is 2.32. The van der Waals surface area contributed by atoms with Crippen LogP contribution in [0.2, 0.25) is 0 Å². The summed E-state index contributed by atoms with van der Waals surface area (Å²) in [5, 5.41) is 3.07. The Balaban J connectivity index is 2.01. The third-order valence-electron chi connectivity index (χ3n) is 3.51. The molecule has 1 N–H and O–H groups in total. The smallest absolute Gasteiger partial charge is 0.288 e. The zero-order valence-corrected chi connectivity index (χ0v) is 12.8. The standard InChI is InChI=1S/C15H20F2N2OS/c1-11(14(20)19-9-5-2-6-10-19)18-12-7-3-4-8-13(12)21-15(16)17/h3-4,7-8,11,15,18H,2,5-6,9-10H2,1H3. The fourth-order valence-electron chi connectivity index (χ4n) is 2.47. The van der Waals surface area contributed by atoms with Gasteiger partial charge >= 0.3 is 0 Å². The Kier molecular flexibility index (Phi) is 5.85. The predicted octanol–water partition coefficient (Wildman–Crippen LogP) is 3.81. The van der Waals surface area contributed by atoms with Crippen molar-refractivity contribution in [3.8, 4) is 0 Å². The van der Waals surface area contributed by atoms with Crippen LogP contribution < -0.4 is 5.32 Å². The summed E-state index contributed by atoms with van der Waals surface area (Å²) in [4.78, 5) is 14.7. The molecule has 0 saturated carbocycles. The molecule has 0 aliphatic carbocycles. The number of hydrogen-bond acceptors (Lipinski definition) is 3. The fourth-order valence-corrected chi connectivity index (χ4v) is 3.07. The van der Waals surface area contributed by atoms with Crippen LogP contribution >= 0.6 is 11.8 Å². The summed E-state index contributed by atoms with van der Waals surface area (Å²) in [6.07, 6.45) is 3.24. The Labute approximate surface area is 128 Å². The van der Waals surface area contributed by atoms with Gasteiger partial charge in [-0.2, -0.15) is 8.78 Å². The maximum absolute atomic E-state index is 12.5. The monoisotopic (exact) mass is 314 g/mol. The normalized spacial score (nSPS) is 16.9. The Morgan fingerprint density at radius 2 is 1.90 bits per heavy atom. The summed E-state index contributed by atoms with van der Waals surface area (Å²) in [6.45, 7) is 3.36. The molecule has 1 aromatic rings. The first kappa shape index (κ1) is 16.1. The number of piperidine rings is 1. The molecule has 1 fully saturated rings. The summed E-state index contributed by atoms with van der Waals surface area (Å²) in [7, 11) is 0. The number of para-hydroxylation sites is 1. The van der Waals surface area contributed by atoms with Crippen molar-refractivity contribution >= 4 is 23.4 Å². The number of nitrogens with zero attached hydrogens (tertiary/aromatic N) is 1. The molecule has 21 heavy (non-hydrogen) atoms.